The van der Waals surface area contributed by atoms with Crippen LogP contribution in [0.3, 0.4) is 0 Å². The Morgan fingerprint density at radius 2 is 2.02 bits per heavy atom. The van der Waals surface area contributed by atoms with Crippen LogP contribution in [-0.2, 0) is 4.79 Å². The van der Waals surface area contributed by atoms with Gasteiger partial charge in [0.2, 0.25) is 5.91 Å². The predicted octanol–water partition coefficient (Wildman–Crippen LogP) is 6.44. The molecule has 4 N–H and O–H groups in total. The van der Waals surface area contributed by atoms with E-state index in [-0.39, 0.29) is 17.7 Å². The quantitative estimate of drug-likeness (QED) is 0.233. The van der Waals surface area contributed by atoms with Gasteiger partial charge >= 0.3 is 0 Å². The van der Waals surface area contributed by atoms with Gasteiger partial charge in [0, 0.05) is 30.9 Å². The van der Waals surface area contributed by atoms with Crippen LogP contribution in [-0.4, -0.2) is 39.7 Å². The van der Waals surface area contributed by atoms with E-state index in [1.54, 1.807) is 23.1 Å². The third kappa shape index (κ3) is 7.56. The van der Waals surface area contributed by atoms with Crippen molar-refractivity contribution in [3.05, 3.63) is 87.9 Å². The summed E-state index contributed by atoms with van der Waals surface area (Å²) >= 11 is 3.43. The average Bonchev–Trinajstić information content (AvgIpc) is 3.53. The highest BCUT2D eigenvalue weighted by molar-refractivity contribution is 8.09. The molecule has 5 rings (SSSR count). The third-order valence-corrected chi connectivity index (χ3v) is 9.56. The van der Waals surface area contributed by atoms with Crippen molar-refractivity contribution in [1.82, 2.24) is 10.3 Å². The van der Waals surface area contributed by atoms with E-state index in [2.05, 4.69) is 77.8 Å². The molecule has 2 heterocycles. The first-order valence-electron chi connectivity index (χ1n) is 13.6. The molecular weight excluding hydrogens is 549 g/mol. The number of hydrogen-bond acceptors (Lipinski definition) is 7. The summed E-state index contributed by atoms with van der Waals surface area (Å²) in [6.45, 7) is 4.29. The van der Waals surface area contributed by atoms with Crippen molar-refractivity contribution >= 4 is 45.7 Å². The zero-order valence-electron chi connectivity index (χ0n) is 23.4. The number of aliphatic hydroxyl groups is 1. The number of nitrogens with two attached hydrogens (primary N) is 1. The first-order chi connectivity index (χ1) is 19.8. The fourth-order valence-electron chi connectivity index (χ4n) is 4.96. The number of terminal acetylenes is 1. The molecule has 1 saturated carbocycles. The van der Waals surface area contributed by atoms with Gasteiger partial charge in [-0.05, 0) is 55.7 Å². The van der Waals surface area contributed by atoms with Crippen LogP contribution in [0.25, 0.3) is 21.7 Å². The normalized spacial score (nSPS) is 23.6. The van der Waals surface area contributed by atoms with E-state index in [1.165, 1.54) is 5.56 Å². The van der Waals surface area contributed by atoms with Crippen molar-refractivity contribution in [2.24, 2.45) is 10.7 Å². The zero-order chi connectivity index (χ0) is 29.4. The number of hydrogen-bond donors (Lipinski definition) is 3. The molecule has 0 bridgehead atoms. The molecule has 1 aromatic carbocycles. The lowest BCUT2D eigenvalue weighted by Crippen LogP contribution is -2.39. The van der Waals surface area contributed by atoms with E-state index >= 15 is 0 Å². The topological polar surface area (TPSA) is 101 Å². The van der Waals surface area contributed by atoms with E-state index in [1.807, 2.05) is 32.3 Å². The van der Waals surface area contributed by atoms with Crippen LogP contribution in [0.15, 0.2) is 77.5 Å². The zero-order valence-corrected chi connectivity index (χ0v) is 25.0. The summed E-state index contributed by atoms with van der Waals surface area (Å²) in [5.41, 5.74) is 10.2. The molecule has 1 unspecified atom stereocenters. The van der Waals surface area contributed by atoms with Gasteiger partial charge in [0.05, 0.1) is 21.1 Å². The predicted molar refractivity (Wildman–Crippen MR) is 174 cm³/mol. The van der Waals surface area contributed by atoms with Gasteiger partial charge in [0.1, 0.15) is 10.4 Å². The molecule has 1 amide bonds. The highest BCUT2D eigenvalue weighted by Gasteiger charge is 2.39. The molecule has 8 heteroatoms. The Bertz CT molecular complexity index is 1450. The number of thiazole rings is 1. The molecule has 41 heavy (non-hydrogen) atoms. The molecule has 3 aliphatic rings. The molecule has 212 valence electrons. The van der Waals surface area contributed by atoms with Crippen LogP contribution in [0.1, 0.15) is 60.9 Å². The monoisotopic (exact) mass is 584 g/mol. The Balaban J connectivity index is 0.00000189. The molecule has 6 nitrogen and oxygen atoms in total. The van der Waals surface area contributed by atoms with Gasteiger partial charge in [-0.3, -0.25) is 9.79 Å². The number of thioether (sulfide) groups is 1. The maximum absolute atomic E-state index is 11.0. The molecular formula is C33H36N4O2S2. The first kappa shape index (κ1) is 30.3. The summed E-state index contributed by atoms with van der Waals surface area (Å²) in [6.07, 6.45) is 27.5. The van der Waals surface area contributed by atoms with Crippen LogP contribution in [0.2, 0.25) is 0 Å². The number of nitrogens with zero attached hydrogens (tertiary/aromatic N) is 2. The molecule has 0 spiro atoms. The Kier molecular flexibility index (Phi) is 10.2. The second-order valence-electron chi connectivity index (χ2n) is 10.3. The Labute approximate surface area is 251 Å². The van der Waals surface area contributed by atoms with Crippen LogP contribution in [0.4, 0.5) is 0 Å². The van der Waals surface area contributed by atoms with Crippen LogP contribution >= 0.6 is 23.1 Å². The smallest absolute Gasteiger partial charge is 0.219 e. The van der Waals surface area contributed by atoms with Crippen molar-refractivity contribution in [2.75, 3.05) is 6.54 Å². The van der Waals surface area contributed by atoms with Gasteiger partial charge in [-0.15, -0.1) is 24.2 Å². The summed E-state index contributed by atoms with van der Waals surface area (Å²) in [4.78, 5) is 22.8. The first-order valence-corrected chi connectivity index (χ1v) is 15.3. The van der Waals surface area contributed by atoms with E-state index in [0.29, 0.717) is 12.5 Å². The summed E-state index contributed by atoms with van der Waals surface area (Å²) < 4.78 is 0. The van der Waals surface area contributed by atoms with Gasteiger partial charge in [0.15, 0.2) is 0 Å². The lowest BCUT2D eigenvalue weighted by atomic mass is 9.69. The molecule has 0 saturated heterocycles. The van der Waals surface area contributed by atoms with E-state index in [0.717, 1.165) is 56.5 Å². The summed E-state index contributed by atoms with van der Waals surface area (Å²) in [6, 6.07) is 8.71. The van der Waals surface area contributed by atoms with E-state index < -0.39 is 5.60 Å². The summed E-state index contributed by atoms with van der Waals surface area (Å²) in [7, 11) is 0. The van der Waals surface area contributed by atoms with Crippen LogP contribution in [0, 0.1) is 12.8 Å². The number of aliphatic imine (C=N–C) groups is 1. The highest BCUT2D eigenvalue weighted by atomic mass is 32.2. The third-order valence-electron chi connectivity index (χ3n) is 7.08. The highest BCUT2D eigenvalue weighted by Crippen LogP contribution is 2.46. The number of benzene rings is 1. The number of rotatable bonds is 9. The van der Waals surface area contributed by atoms with Crippen molar-refractivity contribution in [1.29, 1.82) is 0 Å². The SMILES string of the molecule is C#C.C/C=C(\C=NCCC(N)=O)C1NC=C(c2nc(-c3ccc(C4CC(C)(O)C4)cc3)c(C3=CC=CCC=C3)s2)S1. The molecule has 0 radical (unpaired) electrons. The van der Waals surface area contributed by atoms with Crippen molar-refractivity contribution in [2.45, 2.75) is 56.4 Å². The molecule has 1 fully saturated rings. The maximum atomic E-state index is 11.0. The Morgan fingerprint density at radius 1 is 1.27 bits per heavy atom. The summed E-state index contributed by atoms with van der Waals surface area (Å²) in [5, 5.41) is 14.6. The maximum Gasteiger partial charge on any atom is 0.219 e. The van der Waals surface area contributed by atoms with Crippen LogP contribution in [0.5, 0.6) is 0 Å². The number of carbonyl (C=O) groups is 1. The van der Waals surface area contributed by atoms with Gasteiger partial charge in [-0.1, -0.05) is 72.5 Å². The minimum atomic E-state index is -0.535. The van der Waals surface area contributed by atoms with Crippen molar-refractivity contribution in [3.63, 3.8) is 0 Å². The number of amides is 1. The van der Waals surface area contributed by atoms with Gasteiger partial charge in [0.25, 0.3) is 0 Å². The van der Waals surface area contributed by atoms with Gasteiger partial charge in [-0.2, -0.15) is 0 Å². The van der Waals surface area contributed by atoms with E-state index in [4.69, 9.17) is 10.7 Å². The molecule has 1 aliphatic heterocycles. The average molecular weight is 585 g/mol. The Hall–Kier alpha value is -3.64. The molecule has 2 aliphatic carbocycles. The van der Waals surface area contributed by atoms with Gasteiger partial charge < -0.3 is 16.2 Å². The lowest BCUT2D eigenvalue weighted by Gasteiger charge is -2.41. The number of nitrogens with one attached hydrogen (secondary N) is 1. The van der Waals surface area contributed by atoms with Crippen molar-refractivity contribution in [3.8, 4) is 24.1 Å². The fraction of sp³-hybridized carbons (Fsp3) is 0.303. The lowest BCUT2D eigenvalue weighted by molar-refractivity contribution is -0.117. The second kappa shape index (κ2) is 13.8. The standard InChI is InChI=1S/C31H34N4O2S2.C2H2/c1-3-20(18-33-15-14-26(32)36)29-34-19-25(38-29)30-35-27(28(39-30)23-8-6-4-5-7-9-23)22-12-10-21(11-13-22)24-16-31(2,37)17-24;1-2/h3-4,6-13,18-19,24,29,34,37H,5,14-17H2,1-2H3,(H2,32,36);1-2H/b20-3+,33-18?;. The molecule has 2 aromatic rings. The van der Waals surface area contributed by atoms with Gasteiger partial charge in [-0.25, -0.2) is 4.98 Å². The Morgan fingerprint density at radius 3 is 2.71 bits per heavy atom. The number of primary amides is 1. The number of allylic oxidation sites excluding steroid dienone is 7. The fourth-order valence-corrected chi connectivity index (χ4v) is 7.24. The minimum Gasteiger partial charge on any atom is -0.390 e. The summed E-state index contributed by atoms with van der Waals surface area (Å²) in [5.74, 6) is 0.0715. The van der Waals surface area contributed by atoms with Crippen molar-refractivity contribution < 1.29 is 9.90 Å². The molecule has 1 atom stereocenters. The minimum absolute atomic E-state index is 0.0250. The van der Waals surface area contributed by atoms with Crippen LogP contribution < -0.4 is 11.1 Å². The largest absolute Gasteiger partial charge is 0.390 e. The molecule has 1 aromatic heterocycles. The van der Waals surface area contributed by atoms with E-state index in [9.17, 15) is 9.90 Å². The number of carbonyl (C=O) groups excluding carboxylic acids is 1. The number of aromatic nitrogens is 1. The second-order valence-corrected chi connectivity index (χ2v) is 12.5.